The molecule has 5 heteroatoms. The number of rotatable bonds is 5. The molecule has 0 aliphatic heterocycles. The van der Waals surface area contributed by atoms with Gasteiger partial charge in [-0.15, -0.1) is 6.58 Å². The Bertz CT molecular complexity index is 420. The van der Waals surface area contributed by atoms with Gasteiger partial charge >= 0.3 is 0 Å². The van der Waals surface area contributed by atoms with Crippen LogP contribution in [0.15, 0.2) is 40.0 Å². The molecule has 78 valence electrons. The fraction of sp³-hybridized carbons (Fsp3) is 0.200. The molecule has 0 spiro atoms. The van der Waals surface area contributed by atoms with Crippen LogP contribution in [0.4, 0.5) is 0 Å². The van der Waals surface area contributed by atoms with E-state index in [1.165, 1.54) is 0 Å². The standard InChI is InChI=1S/C10H11N3O2/c1-2-5-11-7-9-12-10(13-15-9)8-4-3-6-14-8/h2-4,6,11H,1,5,7H2. The van der Waals surface area contributed by atoms with Crippen LogP contribution in [0, 0.1) is 0 Å². The third-order valence-corrected chi connectivity index (χ3v) is 1.77. The Morgan fingerprint density at radius 1 is 1.53 bits per heavy atom. The molecular weight excluding hydrogens is 194 g/mol. The Kier molecular flexibility index (Phi) is 2.94. The van der Waals surface area contributed by atoms with Crippen LogP contribution in [0.1, 0.15) is 5.89 Å². The Morgan fingerprint density at radius 3 is 3.20 bits per heavy atom. The molecule has 0 fully saturated rings. The molecule has 0 saturated carbocycles. The summed E-state index contributed by atoms with van der Waals surface area (Å²) in [5.41, 5.74) is 0. The summed E-state index contributed by atoms with van der Waals surface area (Å²) in [6, 6.07) is 3.56. The molecule has 2 heterocycles. The van der Waals surface area contributed by atoms with E-state index in [4.69, 9.17) is 8.94 Å². The molecule has 0 saturated heterocycles. The Labute approximate surface area is 86.8 Å². The largest absolute Gasteiger partial charge is 0.461 e. The molecule has 0 amide bonds. The molecular formula is C10H11N3O2. The first-order valence-electron chi connectivity index (χ1n) is 4.58. The number of hydrogen-bond donors (Lipinski definition) is 1. The van der Waals surface area contributed by atoms with Gasteiger partial charge in [0.25, 0.3) is 0 Å². The van der Waals surface area contributed by atoms with E-state index in [1.807, 2.05) is 0 Å². The predicted molar refractivity (Wildman–Crippen MR) is 53.9 cm³/mol. The van der Waals surface area contributed by atoms with E-state index in [9.17, 15) is 0 Å². The first-order valence-corrected chi connectivity index (χ1v) is 4.58. The van der Waals surface area contributed by atoms with Gasteiger partial charge in [-0.05, 0) is 12.1 Å². The van der Waals surface area contributed by atoms with Gasteiger partial charge in [0.05, 0.1) is 12.8 Å². The van der Waals surface area contributed by atoms with Crippen LogP contribution >= 0.6 is 0 Å². The second kappa shape index (κ2) is 4.56. The summed E-state index contributed by atoms with van der Waals surface area (Å²) in [6.45, 7) is 4.83. The summed E-state index contributed by atoms with van der Waals surface area (Å²) in [6.07, 6.45) is 3.34. The summed E-state index contributed by atoms with van der Waals surface area (Å²) in [4.78, 5) is 4.16. The predicted octanol–water partition coefficient (Wildman–Crippen LogP) is 1.61. The molecule has 0 aliphatic rings. The van der Waals surface area contributed by atoms with E-state index in [0.717, 1.165) is 0 Å². The van der Waals surface area contributed by atoms with Gasteiger partial charge < -0.3 is 14.3 Å². The van der Waals surface area contributed by atoms with Gasteiger partial charge in [-0.2, -0.15) is 4.98 Å². The van der Waals surface area contributed by atoms with Gasteiger partial charge in [-0.1, -0.05) is 11.2 Å². The monoisotopic (exact) mass is 205 g/mol. The van der Waals surface area contributed by atoms with Crippen molar-refractivity contribution in [2.24, 2.45) is 0 Å². The highest BCUT2D eigenvalue weighted by Gasteiger charge is 2.09. The van der Waals surface area contributed by atoms with Crippen molar-refractivity contribution in [3.8, 4) is 11.6 Å². The zero-order valence-corrected chi connectivity index (χ0v) is 8.14. The summed E-state index contributed by atoms with van der Waals surface area (Å²) >= 11 is 0. The Balaban J connectivity index is 2.01. The highest BCUT2D eigenvalue weighted by atomic mass is 16.5. The van der Waals surface area contributed by atoms with E-state index < -0.39 is 0 Å². The third kappa shape index (κ3) is 2.32. The number of nitrogens with one attached hydrogen (secondary N) is 1. The van der Waals surface area contributed by atoms with Crippen LogP contribution in [0.3, 0.4) is 0 Å². The molecule has 2 rings (SSSR count). The van der Waals surface area contributed by atoms with E-state index in [-0.39, 0.29) is 0 Å². The molecule has 0 unspecified atom stereocenters. The highest BCUT2D eigenvalue weighted by molar-refractivity contribution is 5.44. The fourth-order valence-corrected chi connectivity index (χ4v) is 1.11. The van der Waals surface area contributed by atoms with Crippen molar-refractivity contribution in [2.45, 2.75) is 6.54 Å². The average molecular weight is 205 g/mol. The maximum Gasteiger partial charge on any atom is 0.241 e. The first kappa shape index (κ1) is 9.67. The minimum absolute atomic E-state index is 0.468. The smallest absolute Gasteiger partial charge is 0.241 e. The summed E-state index contributed by atoms with van der Waals surface area (Å²) in [5, 5.41) is 6.86. The lowest BCUT2D eigenvalue weighted by atomic mass is 10.4. The molecule has 0 aromatic carbocycles. The van der Waals surface area contributed by atoms with Crippen molar-refractivity contribution in [1.29, 1.82) is 0 Å². The second-order valence-electron chi connectivity index (χ2n) is 2.91. The summed E-state index contributed by atoms with van der Waals surface area (Å²) in [7, 11) is 0. The van der Waals surface area contributed by atoms with Crippen molar-refractivity contribution >= 4 is 0 Å². The fourth-order valence-electron chi connectivity index (χ4n) is 1.11. The van der Waals surface area contributed by atoms with Crippen molar-refractivity contribution in [2.75, 3.05) is 6.54 Å². The second-order valence-corrected chi connectivity index (χ2v) is 2.91. The van der Waals surface area contributed by atoms with Gasteiger partial charge in [0, 0.05) is 6.54 Å². The maximum atomic E-state index is 5.14. The third-order valence-electron chi connectivity index (χ3n) is 1.77. The molecule has 2 aromatic rings. The number of furan rings is 1. The van der Waals surface area contributed by atoms with Crippen LogP contribution in [-0.2, 0) is 6.54 Å². The average Bonchev–Trinajstić information content (AvgIpc) is 2.87. The number of aromatic nitrogens is 2. The SMILES string of the molecule is C=CCNCc1nc(-c2ccco2)no1. The van der Waals surface area contributed by atoms with Crippen molar-refractivity contribution < 1.29 is 8.94 Å². The topological polar surface area (TPSA) is 64.1 Å². The minimum Gasteiger partial charge on any atom is -0.461 e. The Morgan fingerprint density at radius 2 is 2.47 bits per heavy atom. The maximum absolute atomic E-state index is 5.14. The normalized spacial score (nSPS) is 10.4. The van der Waals surface area contributed by atoms with Crippen LogP contribution < -0.4 is 5.32 Å². The molecule has 0 aliphatic carbocycles. The summed E-state index contributed by atoms with van der Waals surface area (Å²) in [5.74, 6) is 1.60. The Hall–Kier alpha value is -1.88. The van der Waals surface area contributed by atoms with Crippen LogP contribution in [-0.4, -0.2) is 16.7 Å². The van der Waals surface area contributed by atoms with Crippen molar-refractivity contribution in [3.63, 3.8) is 0 Å². The van der Waals surface area contributed by atoms with Crippen LogP contribution in [0.5, 0.6) is 0 Å². The zero-order chi connectivity index (χ0) is 10.5. The summed E-state index contributed by atoms with van der Waals surface area (Å²) < 4.78 is 10.2. The van der Waals surface area contributed by atoms with Gasteiger partial charge in [0.15, 0.2) is 5.76 Å². The lowest BCUT2D eigenvalue weighted by Crippen LogP contribution is -2.12. The van der Waals surface area contributed by atoms with E-state index >= 15 is 0 Å². The van der Waals surface area contributed by atoms with Gasteiger partial charge in [-0.25, -0.2) is 0 Å². The zero-order valence-electron chi connectivity index (χ0n) is 8.14. The van der Waals surface area contributed by atoms with Gasteiger partial charge in [0.1, 0.15) is 0 Å². The molecule has 15 heavy (non-hydrogen) atoms. The molecule has 2 aromatic heterocycles. The highest BCUT2D eigenvalue weighted by Crippen LogP contribution is 2.15. The lowest BCUT2D eigenvalue weighted by molar-refractivity contribution is 0.369. The molecule has 0 radical (unpaired) electrons. The van der Waals surface area contributed by atoms with E-state index in [0.29, 0.717) is 30.6 Å². The van der Waals surface area contributed by atoms with E-state index in [2.05, 4.69) is 22.0 Å². The first-order chi connectivity index (χ1) is 7.40. The van der Waals surface area contributed by atoms with Gasteiger partial charge in [0.2, 0.25) is 11.7 Å². The van der Waals surface area contributed by atoms with Crippen molar-refractivity contribution in [3.05, 3.63) is 36.9 Å². The van der Waals surface area contributed by atoms with Crippen molar-refractivity contribution in [1.82, 2.24) is 15.5 Å². The van der Waals surface area contributed by atoms with Crippen LogP contribution in [0.2, 0.25) is 0 Å². The molecule has 1 N–H and O–H groups in total. The molecule has 0 bridgehead atoms. The van der Waals surface area contributed by atoms with Gasteiger partial charge in [-0.3, -0.25) is 0 Å². The quantitative estimate of drug-likeness (QED) is 0.593. The van der Waals surface area contributed by atoms with Crippen LogP contribution in [0.25, 0.3) is 11.6 Å². The molecule has 0 atom stereocenters. The minimum atomic E-state index is 0.468. The number of nitrogens with zero attached hydrogens (tertiary/aromatic N) is 2. The lowest BCUT2D eigenvalue weighted by Gasteiger charge is -1.93. The van der Waals surface area contributed by atoms with E-state index in [1.54, 1.807) is 24.5 Å². The number of hydrogen-bond acceptors (Lipinski definition) is 5. The molecule has 5 nitrogen and oxygen atoms in total.